The first-order valence-corrected chi connectivity index (χ1v) is 5.86. The largest absolute Gasteiger partial charge is 0.458 e. The Bertz CT molecular complexity index is 393. The molecule has 0 N–H and O–H groups in total. The van der Waals surface area contributed by atoms with Crippen molar-refractivity contribution in [3.05, 3.63) is 34.4 Å². The van der Waals surface area contributed by atoms with Gasteiger partial charge in [-0.1, -0.05) is 23.3 Å². The number of rotatable bonds is 3. The summed E-state index contributed by atoms with van der Waals surface area (Å²) < 4.78 is 5.03. The predicted octanol–water partition coefficient (Wildman–Crippen LogP) is 3.31. The summed E-state index contributed by atoms with van der Waals surface area (Å²) in [6, 6.07) is 0. The third-order valence-corrected chi connectivity index (χ3v) is 3.11. The molecule has 1 aliphatic heterocycles. The van der Waals surface area contributed by atoms with Gasteiger partial charge in [-0.2, -0.15) is 0 Å². The van der Waals surface area contributed by atoms with Gasteiger partial charge in [-0.05, 0) is 38.7 Å². The first kappa shape index (κ1) is 11.2. The van der Waals surface area contributed by atoms with Gasteiger partial charge in [-0.15, -0.1) is 0 Å². The van der Waals surface area contributed by atoms with Crippen LogP contribution >= 0.6 is 0 Å². The minimum absolute atomic E-state index is 0.0946. The lowest BCUT2D eigenvalue weighted by Gasteiger charge is -2.12. The second kappa shape index (κ2) is 4.69. The van der Waals surface area contributed by atoms with Crippen molar-refractivity contribution < 1.29 is 9.53 Å². The van der Waals surface area contributed by atoms with Crippen LogP contribution in [0, 0.1) is 0 Å². The first-order chi connectivity index (χ1) is 7.66. The Morgan fingerprint density at radius 1 is 1.50 bits per heavy atom. The summed E-state index contributed by atoms with van der Waals surface area (Å²) in [6.45, 7) is 4.75. The number of esters is 1. The standard InChI is InChI=1S/C14H18O2/c1-10(2)4-3-5-11-6-7-12-9-16-14(15)13(12)8-11/h4,6H,3,5,7-9H2,1-2H3. The van der Waals surface area contributed by atoms with Crippen molar-refractivity contribution in [2.75, 3.05) is 6.61 Å². The molecule has 16 heavy (non-hydrogen) atoms. The zero-order valence-corrected chi connectivity index (χ0v) is 10.0. The zero-order valence-electron chi connectivity index (χ0n) is 10.0. The highest BCUT2D eigenvalue weighted by molar-refractivity contribution is 5.92. The van der Waals surface area contributed by atoms with Crippen molar-refractivity contribution >= 4 is 5.97 Å². The van der Waals surface area contributed by atoms with Crippen LogP contribution in [0.15, 0.2) is 34.4 Å². The number of hydrogen-bond donors (Lipinski definition) is 0. The van der Waals surface area contributed by atoms with Gasteiger partial charge in [0.05, 0.1) is 0 Å². The highest BCUT2D eigenvalue weighted by Crippen LogP contribution is 2.31. The van der Waals surface area contributed by atoms with E-state index in [9.17, 15) is 4.79 Å². The van der Waals surface area contributed by atoms with Crippen molar-refractivity contribution in [2.45, 2.75) is 39.5 Å². The number of carbonyl (C=O) groups is 1. The van der Waals surface area contributed by atoms with E-state index in [-0.39, 0.29) is 5.97 Å². The Hall–Kier alpha value is -1.31. The van der Waals surface area contributed by atoms with Gasteiger partial charge in [-0.3, -0.25) is 0 Å². The van der Waals surface area contributed by atoms with Crippen molar-refractivity contribution in [3.8, 4) is 0 Å². The number of cyclic esters (lactones) is 1. The van der Waals surface area contributed by atoms with Gasteiger partial charge in [-0.25, -0.2) is 4.79 Å². The van der Waals surface area contributed by atoms with Crippen LogP contribution in [-0.4, -0.2) is 12.6 Å². The molecule has 0 spiro atoms. The van der Waals surface area contributed by atoms with E-state index in [1.807, 2.05) is 0 Å². The summed E-state index contributed by atoms with van der Waals surface area (Å²) in [5.74, 6) is -0.0946. The minimum Gasteiger partial charge on any atom is -0.458 e. The van der Waals surface area contributed by atoms with Crippen LogP contribution in [-0.2, 0) is 9.53 Å². The molecule has 0 aromatic carbocycles. The van der Waals surface area contributed by atoms with Crippen LogP contribution in [0.3, 0.4) is 0 Å². The summed E-state index contributed by atoms with van der Waals surface area (Å²) in [6.07, 6.45) is 8.37. The van der Waals surface area contributed by atoms with E-state index in [0.717, 1.165) is 31.3 Å². The molecule has 2 heteroatoms. The maximum Gasteiger partial charge on any atom is 0.334 e. The summed E-state index contributed by atoms with van der Waals surface area (Å²) in [7, 11) is 0. The van der Waals surface area contributed by atoms with E-state index < -0.39 is 0 Å². The lowest BCUT2D eigenvalue weighted by atomic mass is 9.91. The fourth-order valence-electron chi connectivity index (χ4n) is 2.15. The number of allylic oxidation sites excluding steroid dienone is 4. The number of ether oxygens (including phenoxy) is 1. The Balaban J connectivity index is 1.91. The van der Waals surface area contributed by atoms with Crippen molar-refractivity contribution in [1.29, 1.82) is 0 Å². The van der Waals surface area contributed by atoms with E-state index in [1.54, 1.807) is 0 Å². The van der Waals surface area contributed by atoms with Gasteiger partial charge in [0.1, 0.15) is 6.61 Å². The highest BCUT2D eigenvalue weighted by atomic mass is 16.5. The monoisotopic (exact) mass is 218 g/mol. The maximum absolute atomic E-state index is 11.4. The van der Waals surface area contributed by atoms with E-state index in [4.69, 9.17) is 4.74 Å². The summed E-state index contributed by atoms with van der Waals surface area (Å²) in [5, 5.41) is 0. The molecule has 2 nitrogen and oxygen atoms in total. The Labute approximate surface area is 96.7 Å². The average molecular weight is 218 g/mol. The van der Waals surface area contributed by atoms with E-state index in [0.29, 0.717) is 6.61 Å². The van der Waals surface area contributed by atoms with Crippen LogP contribution in [0.5, 0.6) is 0 Å². The predicted molar refractivity (Wildman–Crippen MR) is 64.0 cm³/mol. The number of hydrogen-bond acceptors (Lipinski definition) is 2. The topological polar surface area (TPSA) is 26.3 Å². The second-order valence-corrected chi connectivity index (χ2v) is 4.72. The summed E-state index contributed by atoms with van der Waals surface area (Å²) >= 11 is 0. The fraction of sp³-hybridized carbons (Fsp3) is 0.500. The minimum atomic E-state index is -0.0946. The molecular weight excluding hydrogens is 200 g/mol. The van der Waals surface area contributed by atoms with Gasteiger partial charge in [0, 0.05) is 12.0 Å². The molecule has 86 valence electrons. The van der Waals surface area contributed by atoms with Crippen LogP contribution in [0.25, 0.3) is 0 Å². The van der Waals surface area contributed by atoms with Crippen molar-refractivity contribution in [1.82, 2.24) is 0 Å². The molecule has 0 saturated carbocycles. The van der Waals surface area contributed by atoms with Gasteiger partial charge >= 0.3 is 5.97 Å². The van der Waals surface area contributed by atoms with E-state index in [1.165, 1.54) is 16.7 Å². The molecule has 0 saturated heterocycles. The maximum atomic E-state index is 11.4. The molecule has 2 rings (SSSR count). The highest BCUT2D eigenvalue weighted by Gasteiger charge is 2.26. The zero-order chi connectivity index (χ0) is 11.5. The SMILES string of the molecule is CC(C)=CCCC1=CCC2=C(C1)C(=O)OC2. The van der Waals surface area contributed by atoms with Crippen LogP contribution in [0.4, 0.5) is 0 Å². The first-order valence-electron chi connectivity index (χ1n) is 5.86. The Morgan fingerprint density at radius 3 is 3.06 bits per heavy atom. The molecule has 2 aliphatic rings. The second-order valence-electron chi connectivity index (χ2n) is 4.72. The number of carbonyl (C=O) groups excluding carboxylic acids is 1. The molecule has 0 atom stereocenters. The summed E-state index contributed by atoms with van der Waals surface area (Å²) in [5.41, 5.74) is 4.86. The van der Waals surface area contributed by atoms with Gasteiger partial charge < -0.3 is 4.74 Å². The van der Waals surface area contributed by atoms with Crippen molar-refractivity contribution in [3.63, 3.8) is 0 Å². The fourth-order valence-corrected chi connectivity index (χ4v) is 2.15. The van der Waals surface area contributed by atoms with Crippen LogP contribution < -0.4 is 0 Å². The third-order valence-electron chi connectivity index (χ3n) is 3.11. The van der Waals surface area contributed by atoms with Gasteiger partial charge in [0.2, 0.25) is 0 Å². The quantitative estimate of drug-likeness (QED) is 0.536. The smallest absolute Gasteiger partial charge is 0.334 e. The van der Waals surface area contributed by atoms with Crippen LogP contribution in [0.2, 0.25) is 0 Å². The molecule has 0 amide bonds. The Morgan fingerprint density at radius 2 is 2.31 bits per heavy atom. The van der Waals surface area contributed by atoms with E-state index >= 15 is 0 Å². The molecule has 0 aromatic rings. The van der Waals surface area contributed by atoms with E-state index in [2.05, 4.69) is 26.0 Å². The van der Waals surface area contributed by atoms with Crippen LogP contribution in [0.1, 0.15) is 39.5 Å². The Kier molecular flexibility index (Phi) is 3.28. The molecule has 1 heterocycles. The lowest BCUT2D eigenvalue weighted by Crippen LogP contribution is -2.03. The average Bonchev–Trinajstić information content (AvgIpc) is 2.60. The molecule has 0 bridgehead atoms. The lowest BCUT2D eigenvalue weighted by molar-refractivity contribution is -0.136. The molecule has 0 unspecified atom stereocenters. The molecule has 0 fully saturated rings. The molecule has 0 aromatic heterocycles. The third kappa shape index (κ3) is 2.43. The molecular formula is C14H18O2. The molecule has 0 radical (unpaired) electrons. The van der Waals surface area contributed by atoms with Gasteiger partial charge in [0.15, 0.2) is 0 Å². The molecule has 1 aliphatic carbocycles. The summed E-state index contributed by atoms with van der Waals surface area (Å²) in [4.78, 5) is 11.4. The normalized spacial score (nSPS) is 19.1. The van der Waals surface area contributed by atoms with Crippen molar-refractivity contribution in [2.24, 2.45) is 0 Å². The van der Waals surface area contributed by atoms with Gasteiger partial charge in [0.25, 0.3) is 0 Å².